The lowest BCUT2D eigenvalue weighted by Crippen LogP contribution is -2.38. The Balaban J connectivity index is 1.95. The van der Waals surface area contributed by atoms with E-state index in [4.69, 9.17) is 0 Å². The first-order valence-electron chi connectivity index (χ1n) is 6.98. The first-order valence-corrected chi connectivity index (χ1v) is 7.80. The molecule has 0 amide bonds. The topological polar surface area (TPSA) is 40.5 Å². The van der Waals surface area contributed by atoms with Crippen LogP contribution in [0.2, 0.25) is 0 Å². The number of nitrogens with zero attached hydrogens (tertiary/aromatic N) is 3. The van der Waals surface area contributed by atoms with Gasteiger partial charge in [-0.15, -0.1) is 11.3 Å². The average molecular weight is 302 g/mol. The number of hydrogen-bond donors (Lipinski definition) is 1. The summed E-state index contributed by atoms with van der Waals surface area (Å²) in [7, 11) is 3.86. The number of thiazole rings is 1. The van der Waals surface area contributed by atoms with E-state index in [9.17, 15) is 0 Å². The van der Waals surface area contributed by atoms with Crippen molar-refractivity contribution in [3.05, 3.63) is 51.5 Å². The quantitative estimate of drug-likeness (QED) is 0.697. The van der Waals surface area contributed by atoms with Crippen molar-refractivity contribution in [1.82, 2.24) is 15.2 Å². The Bertz CT molecular complexity index is 604. The van der Waals surface area contributed by atoms with Crippen LogP contribution >= 0.6 is 11.3 Å². The third-order valence-corrected chi connectivity index (χ3v) is 4.32. The number of aliphatic imine (C=N–C) groups is 1. The summed E-state index contributed by atoms with van der Waals surface area (Å²) in [5, 5.41) is 4.51. The minimum Gasteiger partial charge on any atom is -0.351 e. The van der Waals surface area contributed by atoms with Gasteiger partial charge in [-0.3, -0.25) is 4.99 Å². The summed E-state index contributed by atoms with van der Waals surface area (Å²) in [6, 6.07) is 10.4. The predicted molar refractivity (Wildman–Crippen MR) is 89.7 cm³/mol. The van der Waals surface area contributed by atoms with Crippen LogP contribution in [0.25, 0.3) is 0 Å². The Kier molecular flexibility index (Phi) is 5.33. The molecule has 1 N–H and O–H groups in total. The van der Waals surface area contributed by atoms with Gasteiger partial charge in [0, 0.05) is 25.5 Å². The maximum atomic E-state index is 4.45. The fraction of sp³-hybridized carbons (Fsp3) is 0.375. The molecule has 112 valence electrons. The molecule has 0 saturated heterocycles. The van der Waals surface area contributed by atoms with Crippen molar-refractivity contribution in [3.8, 4) is 0 Å². The van der Waals surface area contributed by atoms with E-state index in [1.165, 1.54) is 10.4 Å². The largest absolute Gasteiger partial charge is 0.351 e. The number of rotatable bonds is 4. The molecule has 21 heavy (non-hydrogen) atoms. The fourth-order valence-electron chi connectivity index (χ4n) is 2.21. The minimum absolute atomic E-state index is 0.767. The average Bonchev–Trinajstić information content (AvgIpc) is 2.79. The van der Waals surface area contributed by atoms with Crippen LogP contribution in [-0.2, 0) is 13.1 Å². The molecule has 0 aliphatic carbocycles. The van der Waals surface area contributed by atoms with E-state index in [2.05, 4.69) is 51.4 Å². The van der Waals surface area contributed by atoms with Crippen LogP contribution in [-0.4, -0.2) is 29.9 Å². The van der Waals surface area contributed by atoms with Crippen molar-refractivity contribution in [3.63, 3.8) is 0 Å². The van der Waals surface area contributed by atoms with Crippen LogP contribution in [0.4, 0.5) is 0 Å². The molecule has 0 atom stereocenters. The molecule has 0 saturated carbocycles. The molecule has 5 heteroatoms. The lowest BCUT2D eigenvalue weighted by Gasteiger charge is -2.22. The first kappa shape index (κ1) is 15.5. The molecule has 0 fully saturated rings. The van der Waals surface area contributed by atoms with Crippen LogP contribution in [0.5, 0.6) is 0 Å². The second-order valence-corrected chi connectivity index (χ2v) is 6.27. The lowest BCUT2D eigenvalue weighted by molar-refractivity contribution is 0.477. The van der Waals surface area contributed by atoms with E-state index in [1.807, 2.05) is 27.1 Å². The van der Waals surface area contributed by atoms with Gasteiger partial charge in [-0.25, -0.2) is 4.98 Å². The van der Waals surface area contributed by atoms with Crippen molar-refractivity contribution in [1.29, 1.82) is 0 Å². The Morgan fingerprint density at radius 1 is 1.29 bits per heavy atom. The van der Waals surface area contributed by atoms with Crippen LogP contribution in [0.1, 0.15) is 21.1 Å². The van der Waals surface area contributed by atoms with Crippen molar-refractivity contribution >= 4 is 17.3 Å². The van der Waals surface area contributed by atoms with Crippen LogP contribution in [0, 0.1) is 13.8 Å². The zero-order valence-corrected chi connectivity index (χ0v) is 13.9. The smallest absolute Gasteiger partial charge is 0.193 e. The number of aromatic nitrogens is 1. The number of guanidine groups is 1. The summed E-state index contributed by atoms with van der Waals surface area (Å²) in [5.41, 5.74) is 2.37. The van der Waals surface area contributed by atoms with E-state index in [1.54, 1.807) is 11.3 Å². The summed E-state index contributed by atoms with van der Waals surface area (Å²) in [6.07, 6.45) is 0. The molecule has 0 bridgehead atoms. The van der Waals surface area contributed by atoms with Gasteiger partial charge in [0.25, 0.3) is 0 Å². The van der Waals surface area contributed by atoms with Gasteiger partial charge in [-0.2, -0.15) is 0 Å². The maximum absolute atomic E-state index is 4.45. The molecule has 0 radical (unpaired) electrons. The van der Waals surface area contributed by atoms with E-state index < -0.39 is 0 Å². The predicted octanol–water partition coefficient (Wildman–Crippen LogP) is 2.97. The lowest BCUT2D eigenvalue weighted by atomic mass is 10.2. The molecule has 1 aromatic heterocycles. The highest BCUT2D eigenvalue weighted by Crippen LogP contribution is 2.16. The highest BCUT2D eigenvalue weighted by molar-refractivity contribution is 7.11. The van der Waals surface area contributed by atoms with E-state index in [0.29, 0.717) is 0 Å². The molecule has 0 aliphatic heterocycles. The summed E-state index contributed by atoms with van der Waals surface area (Å²) >= 11 is 1.74. The van der Waals surface area contributed by atoms with Crippen molar-refractivity contribution in [2.45, 2.75) is 26.9 Å². The Hall–Kier alpha value is -1.88. The zero-order valence-electron chi connectivity index (χ0n) is 13.1. The Labute approximate surface area is 130 Å². The van der Waals surface area contributed by atoms with E-state index in [0.717, 1.165) is 29.8 Å². The van der Waals surface area contributed by atoms with Crippen molar-refractivity contribution < 1.29 is 0 Å². The third-order valence-electron chi connectivity index (χ3n) is 3.24. The molecular formula is C16H22N4S. The van der Waals surface area contributed by atoms with E-state index in [-0.39, 0.29) is 0 Å². The second kappa shape index (κ2) is 7.22. The zero-order chi connectivity index (χ0) is 15.2. The van der Waals surface area contributed by atoms with Crippen LogP contribution in [0.15, 0.2) is 35.3 Å². The Morgan fingerprint density at radius 2 is 2.00 bits per heavy atom. The molecule has 2 rings (SSSR count). The van der Waals surface area contributed by atoms with Gasteiger partial charge in [0.15, 0.2) is 5.96 Å². The molecule has 1 heterocycles. The van der Waals surface area contributed by atoms with Crippen molar-refractivity contribution in [2.75, 3.05) is 14.1 Å². The Morgan fingerprint density at radius 3 is 2.57 bits per heavy atom. The normalized spacial score (nSPS) is 11.5. The van der Waals surface area contributed by atoms with Gasteiger partial charge in [0.1, 0.15) is 0 Å². The molecule has 0 aliphatic rings. The minimum atomic E-state index is 0.767. The number of nitrogens with one attached hydrogen (secondary N) is 1. The highest BCUT2D eigenvalue weighted by atomic mass is 32.1. The summed E-state index contributed by atoms with van der Waals surface area (Å²) in [4.78, 5) is 12.2. The molecule has 1 aromatic carbocycles. The van der Waals surface area contributed by atoms with Gasteiger partial charge >= 0.3 is 0 Å². The summed E-state index contributed by atoms with van der Waals surface area (Å²) in [6.45, 7) is 5.69. The van der Waals surface area contributed by atoms with E-state index >= 15 is 0 Å². The number of benzene rings is 1. The number of aryl methyl sites for hydroxylation is 2. The SMILES string of the molecule is CN=C(NCc1sc(C)nc1C)N(C)Cc1ccccc1. The fourth-order valence-corrected chi connectivity index (χ4v) is 3.09. The van der Waals surface area contributed by atoms with Gasteiger partial charge < -0.3 is 10.2 Å². The van der Waals surface area contributed by atoms with Gasteiger partial charge in [-0.05, 0) is 19.4 Å². The van der Waals surface area contributed by atoms with Crippen LogP contribution in [0.3, 0.4) is 0 Å². The summed E-state index contributed by atoms with van der Waals surface area (Å²) in [5.74, 6) is 0.893. The number of hydrogen-bond acceptors (Lipinski definition) is 3. The van der Waals surface area contributed by atoms with Gasteiger partial charge in [0.2, 0.25) is 0 Å². The molecule has 0 unspecified atom stereocenters. The first-order chi connectivity index (χ1) is 10.1. The van der Waals surface area contributed by atoms with Crippen molar-refractivity contribution in [2.24, 2.45) is 4.99 Å². The molecule has 4 nitrogen and oxygen atoms in total. The van der Waals surface area contributed by atoms with Gasteiger partial charge in [-0.1, -0.05) is 30.3 Å². The molecular weight excluding hydrogens is 280 g/mol. The third kappa shape index (κ3) is 4.29. The molecule has 2 aromatic rings. The monoisotopic (exact) mass is 302 g/mol. The maximum Gasteiger partial charge on any atom is 0.193 e. The summed E-state index contributed by atoms with van der Waals surface area (Å²) < 4.78 is 0. The highest BCUT2D eigenvalue weighted by Gasteiger charge is 2.09. The van der Waals surface area contributed by atoms with Crippen LogP contribution < -0.4 is 5.32 Å². The molecule has 0 spiro atoms. The second-order valence-electron chi connectivity index (χ2n) is 4.98. The van der Waals surface area contributed by atoms with Gasteiger partial charge in [0.05, 0.1) is 17.2 Å². The standard InChI is InChI=1S/C16H22N4S/c1-12-15(21-13(2)19-12)10-18-16(17-3)20(4)11-14-8-6-5-7-9-14/h5-9H,10-11H2,1-4H3,(H,17,18).